The second-order valence-corrected chi connectivity index (χ2v) is 6.99. The molecule has 0 saturated carbocycles. The topological polar surface area (TPSA) is 109 Å². The fourth-order valence-electron chi connectivity index (χ4n) is 2.40. The van der Waals surface area contributed by atoms with Crippen LogP contribution in [0.1, 0.15) is 24.5 Å². The standard InChI is InChI=1S/C21H20ClF3N4O4/c1-2-8-26-19(31)20(32)29-27-11-13-9-15(22)6-7-17(13)33-12-18(30)28-16-5-3-4-14(10-16)21(23,24)25/h3-7,9-11H,2,8,12H2,1H3,(H,26,31)(H,28,30)(H,29,32)/b27-11-. The molecule has 0 radical (unpaired) electrons. The lowest BCUT2D eigenvalue weighted by Crippen LogP contribution is -2.38. The van der Waals surface area contributed by atoms with Crippen LogP contribution in [0.4, 0.5) is 18.9 Å². The smallest absolute Gasteiger partial charge is 0.416 e. The van der Waals surface area contributed by atoms with Crippen molar-refractivity contribution in [3.05, 3.63) is 58.6 Å². The first-order valence-corrected chi connectivity index (χ1v) is 9.98. The maximum absolute atomic E-state index is 12.8. The largest absolute Gasteiger partial charge is 0.483 e. The first-order chi connectivity index (χ1) is 15.6. The third-order valence-electron chi connectivity index (χ3n) is 3.92. The van der Waals surface area contributed by atoms with Crippen LogP contribution >= 0.6 is 11.6 Å². The number of carbonyl (C=O) groups excluding carboxylic acids is 3. The van der Waals surface area contributed by atoms with Crippen molar-refractivity contribution in [3.8, 4) is 5.75 Å². The SMILES string of the molecule is CCCNC(=O)C(=O)N/N=C\c1cc(Cl)ccc1OCC(=O)Nc1cccc(C(F)(F)F)c1. The lowest BCUT2D eigenvalue weighted by molar-refractivity contribution is -0.139. The quantitative estimate of drug-likeness (QED) is 0.303. The van der Waals surface area contributed by atoms with Gasteiger partial charge in [0.25, 0.3) is 5.91 Å². The maximum atomic E-state index is 12.8. The molecular formula is C21H20ClF3N4O4. The van der Waals surface area contributed by atoms with Crippen LogP contribution in [0.25, 0.3) is 0 Å². The van der Waals surface area contributed by atoms with Crippen LogP contribution in [-0.4, -0.2) is 37.1 Å². The van der Waals surface area contributed by atoms with Gasteiger partial charge in [-0.25, -0.2) is 5.43 Å². The van der Waals surface area contributed by atoms with E-state index in [4.69, 9.17) is 16.3 Å². The summed E-state index contributed by atoms with van der Waals surface area (Å²) < 4.78 is 43.8. The van der Waals surface area contributed by atoms with Gasteiger partial charge in [0.1, 0.15) is 5.75 Å². The van der Waals surface area contributed by atoms with E-state index in [2.05, 4.69) is 21.2 Å². The fourth-order valence-corrected chi connectivity index (χ4v) is 2.58. The number of amides is 3. The Morgan fingerprint density at radius 3 is 2.58 bits per heavy atom. The molecule has 3 amide bonds. The number of hydrogen-bond acceptors (Lipinski definition) is 5. The van der Waals surface area contributed by atoms with E-state index in [9.17, 15) is 27.6 Å². The predicted molar refractivity (Wildman–Crippen MR) is 116 cm³/mol. The molecule has 0 aliphatic heterocycles. The van der Waals surface area contributed by atoms with Crippen molar-refractivity contribution < 1.29 is 32.3 Å². The van der Waals surface area contributed by atoms with E-state index in [1.165, 1.54) is 30.3 Å². The Hall–Kier alpha value is -3.60. The monoisotopic (exact) mass is 484 g/mol. The number of hydrazone groups is 1. The summed E-state index contributed by atoms with van der Waals surface area (Å²) in [5.74, 6) is -2.35. The van der Waals surface area contributed by atoms with Gasteiger partial charge in [-0.3, -0.25) is 14.4 Å². The summed E-state index contributed by atoms with van der Waals surface area (Å²) >= 11 is 5.95. The minimum atomic E-state index is -4.54. The normalized spacial score (nSPS) is 11.2. The lowest BCUT2D eigenvalue weighted by Gasteiger charge is -2.11. The first kappa shape index (κ1) is 25.7. The van der Waals surface area contributed by atoms with Crippen molar-refractivity contribution >= 4 is 41.2 Å². The molecule has 0 saturated heterocycles. The molecule has 0 heterocycles. The highest BCUT2D eigenvalue weighted by molar-refractivity contribution is 6.35. The molecule has 0 bridgehead atoms. The van der Waals surface area contributed by atoms with Gasteiger partial charge in [0.15, 0.2) is 6.61 Å². The minimum absolute atomic E-state index is 0.0413. The molecule has 3 N–H and O–H groups in total. The number of ether oxygens (including phenoxy) is 1. The molecule has 0 aliphatic rings. The van der Waals surface area contributed by atoms with E-state index in [1.54, 1.807) is 0 Å². The van der Waals surface area contributed by atoms with Gasteiger partial charge in [0.2, 0.25) is 0 Å². The molecule has 0 unspecified atom stereocenters. The number of rotatable bonds is 8. The van der Waals surface area contributed by atoms with E-state index < -0.39 is 36.1 Å². The molecule has 2 aromatic carbocycles. The summed E-state index contributed by atoms with van der Waals surface area (Å²) in [6, 6.07) is 8.53. The second-order valence-electron chi connectivity index (χ2n) is 6.55. The van der Waals surface area contributed by atoms with Gasteiger partial charge in [-0.05, 0) is 42.8 Å². The van der Waals surface area contributed by atoms with Gasteiger partial charge < -0.3 is 15.4 Å². The van der Waals surface area contributed by atoms with Crippen LogP contribution in [0, 0.1) is 0 Å². The van der Waals surface area contributed by atoms with Crippen LogP contribution < -0.4 is 20.8 Å². The Balaban J connectivity index is 1.99. The number of nitrogens with zero attached hydrogens (tertiary/aromatic N) is 1. The Labute approximate surface area is 192 Å². The average molecular weight is 485 g/mol. The van der Waals surface area contributed by atoms with Crippen molar-refractivity contribution in [2.24, 2.45) is 5.10 Å². The van der Waals surface area contributed by atoms with Gasteiger partial charge in [-0.2, -0.15) is 18.3 Å². The van der Waals surface area contributed by atoms with Crippen molar-refractivity contribution in [1.82, 2.24) is 10.7 Å². The summed E-state index contributed by atoms with van der Waals surface area (Å²) in [5, 5.41) is 8.68. The number of benzene rings is 2. The summed E-state index contributed by atoms with van der Waals surface area (Å²) in [7, 11) is 0. The highest BCUT2D eigenvalue weighted by Crippen LogP contribution is 2.30. The summed E-state index contributed by atoms with van der Waals surface area (Å²) in [6.45, 7) is 1.65. The molecule has 0 fully saturated rings. The molecule has 0 aliphatic carbocycles. The van der Waals surface area contributed by atoms with E-state index >= 15 is 0 Å². The Morgan fingerprint density at radius 2 is 1.88 bits per heavy atom. The molecule has 0 atom stereocenters. The second kappa shape index (κ2) is 11.9. The zero-order valence-electron chi connectivity index (χ0n) is 17.3. The van der Waals surface area contributed by atoms with Gasteiger partial charge in [0.05, 0.1) is 11.8 Å². The highest BCUT2D eigenvalue weighted by Gasteiger charge is 2.30. The van der Waals surface area contributed by atoms with Gasteiger partial charge in [-0.15, -0.1) is 0 Å². The van der Waals surface area contributed by atoms with Crippen molar-refractivity contribution in [2.45, 2.75) is 19.5 Å². The van der Waals surface area contributed by atoms with E-state index in [0.29, 0.717) is 18.0 Å². The van der Waals surface area contributed by atoms with Gasteiger partial charge in [0, 0.05) is 22.8 Å². The molecule has 12 heteroatoms. The summed E-state index contributed by atoms with van der Waals surface area (Å²) in [4.78, 5) is 35.3. The number of halogens is 4. The third kappa shape index (κ3) is 8.45. The highest BCUT2D eigenvalue weighted by atomic mass is 35.5. The maximum Gasteiger partial charge on any atom is 0.416 e. The number of anilines is 1. The van der Waals surface area contributed by atoms with Crippen LogP contribution in [-0.2, 0) is 20.6 Å². The third-order valence-corrected chi connectivity index (χ3v) is 4.15. The molecule has 33 heavy (non-hydrogen) atoms. The van der Waals surface area contributed by atoms with Gasteiger partial charge >= 0.3 is 18.0 Å². The zero-order valence-corrected chi connectivity index (χ0v) is 18.1. The van der Waals surface area contributed by atoms with Crippen LogP contribution in [0.5, 0.6) is 5.75 Å². The number of hydrogen-bond donors (Lipinski definition) is 3. The Kier molecular flexibility index (Phi) is 9.22. The number of carbonyl (C=O) groups is 3. The average Bonchev–Trinajstić information content (AvgIpc) is 2.76. The number of nitrogens with one attached hydrogen (secondary N) is 3. The van der Waals surface area contributed by atoms with E-state index in [1.807, 2.05) is 6.92 Å². The zero-order chi connectivity index (χ0) is 24.4. The van der Waals surface area contributed by atoms with Crippen LogP contribution in [0.3, 0.4) is 0 Å². The number of alkyl halides is 3. The van der Waals surface area contributed by atoms with Crippen LogP contribution in [0.15, 0.2) is 47.6 Å². The van der Waals surface area contributed by atoms with Crippen molar-refractivity contribution in [3.63, 3.8) is 0 Å². The molecule has 176 valence electrons. The molecular weight excluding hydrogens is 465 g/mol. The molecule has 8 nitrogen and oxygen atoms in total. The lowest BCUT2D eigenvalue weighted by atomic mass is 10.2. The van der Waals surface area contributed by atoms with Crippen LogP contribution in [0.2, 0.25) is 5.02 Å². The summed E-state index contributed by atoms with van der Waals surface area (Å²) in [6.07, 6.45) is -2.72. The molecule has 0 spiro atoms. The van der Waals surface area contributed by atoms with Crippen molar-refractivity contribution in [2.75, 3.05) is 18.5 Å². The summed E-state index contributed by atoms with van der Waals surface area (Å²) in [5.41, 5.74) is 1.39. The Bertz CT molecular complexity index is 1040. The molecule has 2 aromatic rings. The van der Waals surface area contributed by atoms with E-state index in [0.717, 1.165) is 18.3 Å². The Morgan fingerprint density at radius 1 is 1.12 bits per heavy atom. The predicted octanol–water partition coefficient (Wildman–Crippen LogP) is 3.35. The first-order valence-electron chi connectivity index (χ1n) is 9.61. The molecule has 0 aromatic heterocycles. The van der Waals surface area contributed by atoms with Gasteiger partial charge in [-0.1, -0.05) is 24.6 Å². The molecule has 2 rings (SSSR count). The fraction of sp³-hybridized carbons (Fsp3) is 0.238. The van der Waals surface area contributed by atoms with E-state index in [-0.39, 0.29) is 17.0 Å². The minimum Gasteiger partial charge on any atom is -0.483 e. The van der Waals surface area contributed by atoms with Crippen molar-refractivity contribution in [1.29, 1.82) is 0 Å².